The van der Waals surface area contributed by atoms with Gasteiger partial charge < -0.3 is 15.5 Å². The Morgan fingerprint density at radius 3 is 1.06 bits per heavy atom. The van der Waals surface area contributed by atoms with Crippen molar-refractivity contribution in [2.75, 3.05) is 6.61 Å². The molecule has 0 radical (unpaired) electrons. The number of carbonyl (C=O) groups excluding carboxylic acids is 1. The van der Waals surface area contributed by atoms with Crippen LogP contribution in [0.5, 0.6) is 0 Å². The molecule has 4 nitrogen and oxygen atoms in total. The Hall–Kier alpha value is -2.69. The third-order valence-corrected chi connectivity index (χ3v) is 12.5. The minimum atomic E-state index is -0.880. The number of unbranched alkanes of at least 4 members (excludes halogenated alkanes) is 30. The fourth-order valence-corrected chi connectivity index (χ4v) is 8.24. The van der Waals surface area contributed by atoms with Crippen LogP contribution in [0, 0.1) is 0 Å². The highest BCUT2D eigenvalue weighted by Crippen LogP contribution is 2.16. The monoisotopic (exact) mass is 916 g/mol. The van der Waals surface area contributed by atoms with Crippen LogP contribution in [0.1, 0.15) is 271 Å². The molecule has 3 N–H and O–H groups in total. The molecular weight excluding hydrogens is 807 g/mol. The molecule has 0 rings (SSSR count). The highest BCUT2D eigenvalue weighted by molar-refractivity contribution is 5.76. The zero-order valence-electron chi connectivity index (χ0n) is 43.7. The number of nitrogens with one attached hydrogen (secondary N) is 1. The van der Waals surface area contributed by atoms with Crippen molar-refractivity contribution in [3.05, 3.63) is 97.2 Å². The number of hydrogen-bond acceptors (Lipinski definition) is 3. The quantitative estimate of drug-likeness (QED) is 0.0421. The molecule has 380 valence electrons. The molecule has 0 aliphatic rings. The Morgan fingerprint density at radius 1 is 0.379 bits per heavy atom. The summed E-state index contributed by atoms with van der Waals surface area (Å²) in [5.41, 5.74) is 0. The Balaban J connectivity index is 3.60. The molecule has 1 amide bonds. The molecule has 0 fully saturated rings. The molecule has 0 saturated heterocycles. The number of rotatable bonds is 51. The van der Waals surface area contributed by atoms with Gasteiger partial charge in [0, 0.05) is 6.42 Å². The van der Waals surface area contributed by atoms with Gasteiger partial charge in [-0.05, 0) is 89.9 Å². The molecule has 0 aliphatic heterocycles. The maximum Gasteiger partial charge on any atom is 0.220 e. The summed E-state index contributed by atoms with van der Waals surface area (Å²) < 4.78 is 0. The summed E-state index contributed by atoms with van der Waals surface area (Å²) in [6, 6.07) is -0.657. The first-order valence-electron chi connectivity index (χ1n) is 28.5. The first-order chi connectivity index (χ1) is 32.7. The fraction of sp³-hybridized carbons (Fsp3) is 0.726. The highest BCUT2D eigenvalue weighted by atomic mass is 16.3. The van der Waals surface area contributed by atoms with Gasteiger partial charge in [0.05, 0.1) is 18.8 Å². The van der Waals surface area contributed by atoms with E-state index in [0.29, 0.717) is 6.42 Å². The first-order valence-corrected chi connectivity index (χ1v) is 28.5. The lowest BCUT2D eigenvalue weighted by Crippen LogP contribution is -2.45. The van der Waals surface area contributed by atoms with Gasteiger partial charge in [-0.3, -0.25) is 4.79 Å². The van der Waals surface area contributed by atoms with Crippen molar-refractivity contribution in [2.45, 2.75) is 283 Å². The van der Waals surface area contributed by atoms with E-state index >= 15 is 0 Å². The van der Waals surface area contributed by atoms with Crippen LogP contribution in [-0.4, -0.2) is 34.9 Å². The van der Waals surface area contributed by atoms with Gasteiger partial charge in [-0.15, -0.1) is 0 Å². The van der Waals surface area contributed by atoms with Gasteiger partial charge >= 0.3 is 0 Å². The second kappa shape index (κ2) is 56.6. The van der Waals surface area contributed by atoms with E-state index in [1.165, 1.54) is 173 Å². The molecule has 0 aromatic carbocycles. The fourth-order valence-electron chi connectivity index (χ4n) is 8.24. The molecule has 0 heterocycles. The van der Waals surface area contributed by atoms with Crippen molar-refractivity contribution in [2.24, 2.45) is 0 Å². The van der Waals surface area contributed by atoms with Crippen LogP contribution in [0.3, 0.4) is 0 Å². The standard InChI is InChI=1S/C62H109NO3/c1-3-5-7-9-11-13-15-17-19-21-23-25-27-29-30-31-32-34-35-37-39-41-43-45-47-49-51-53-55-57-61(65)60(59-64)63-62(66)58-56-54-52-50-48-46-44-42-40-38-36-33-28-26-24-22-20-18-16-14-12-10-8-6-4-2/h6,8,12,14,18,20,24,26,33,36,39,41,47,49,55,57,60-61,64-65H,3-5,7,9-11,13,15-17,19,21-23,25,27-32,34-35,37-38,40,42-46,48,50-54,56,58-59H2,1-2H3,(H,63,66)/b8-6-,14-12-,20-18-,26-24-,36-33-,41-39+,49-47+,57-55+. The molecule has 66 heavy (non-hydrogen) atoms. The third kappa shape index (κ3) is 52.3. The normalized spacial score (nSPS) is 13.6. The number of allylic oxidation sites excluding steroid dienone is 15. The van der Waals surface area contributed by atoms with Crippen LogP contribution in [0.4, 0.5) is 0 Å². The van der Waals surface area contributed by atoms with Crippen molar-refractivity contribution < 1.29 is 15.0 Å². The van der Waals surface area contributed by atoms with E-state index in [4.69, 9.17) is 0 Å². The molecule has 2 unspecified atom stereocenters. The van der Waals surface area contributed by atoms with Crippen LogP contribution in [-0.2, 0) is 4.79 Å². The summed E-state index contributed by atoms with van der Waals surface area (Å²) >= 11 is 0. The van der Waals surface area contributed by atoms with Crippen LogP contribution in [0.15, 0.2) is 97.2 Å². The van der Waals surface area contributed by atoms with E-state index in [2.05, 4.69) is 104 Å². The van der Waals surface area contributed by atoms with Crippen LogP contribution in [0.2, 0.25) is 0 Å². The molecule has 0 aliphatic carbocycles. The van der Waals surface area contributed by atoms with Gasteiger partial charge in [-0.2, -0.15) is 0 Å². The molecule has 2 atom stereocenters. The van der Waals surface area contributed by atoms with E-state index in [-0.39, 0.29) is 12.5 Å². The smallest absolute Gasteiger partial charge is 0.220 e. The predicted molar refractivity (Wildman–Crippen MR) is 294 cm³/mol. The number of aliphatic hydroxyl groups excluding tert-OH is 2. The number of amides is 1. The van der Waals surface area contributed by atoms with Gasteiger partial charge in [0.15, 0.2) is 0 Å². The van der Waals surface area contributed by atoms with Crippen molar-refractivity contribution >= 4 is 5.91 Å². The summed E-state index contributed by atoms with van der Waals surface area (Å²) in [5, 5.41) is 23.1. The van der Waals surface area contributed by atoms with Crippen molar-refractivity contribution in [3.8, 4) is 0 Å². The lowest BCUT2D eigenvalue weighted by atomic mass is 10.0. The molecule has 4 heteroatoms. The summed E-state index contributed by atoms with van der Waals surface area (Å²) in [4.78, 5) is 12.5. The lowest BCUT2D eigenvalue weighted by molar-refractivity contribution is -0.123. The van der Waals surface area contributed by atoms with Crippen molar-refractivity contribution in [3.63, 3.8) is 0 Å². The average molecular weight is 917 g/mol. The molecule has 0 bridgehead atoms. The van der Waals surface area contributed by atoms with Crippen LogP contribution < -0.4 is 5.32 Å². The summed E-state index contributed by atoms with van der Waals surface area (Å²) in [6.45, 7) is 4.19. The van der Waals surface area contributed by atoms with Gasteiger partial charge in [0.25, 0.3) is 0 Å². The zero-order valence-corrected chi connectivity index (χ0v) is 43.7. The minimum absolute atomic E-state index is 0.0865. The maximum atomic E-state index is 12.5. The zero-order chi connectivity index (χ0) is 47.7. The van der Waals surface area contributed by atoms with E-state index in [1.807, 2.05) is 6.08 Å². The number of carbonyl (C=O) groups is 1. The highest BCUT2D eigenvalue weighted by Gasteiger charge is 2.18. The Bertz CT molecular complexity index is 1220. The van der Waals surface area contributed by atoms with Crippen molar-refractivity contribution in [1.29, 1.82) is 0 Å². The predicted octanol–water partition coefficient (Wildman–Crippen LogP) is 18.9. The van der Waals surface area contributed by atoms with E-state index in [0.717, 1.165) is 77.0 Å². The average Bonchev–Trinajstić information content (AvgIpc) is 3.32. The van der Waals surface area contributed by atoms with E-state index < -0.39 is 12.1 Å². The molecule has 0 saturated carbocycles. The molecule has 0 aromatic heterocycles. The number of hydrogen-bond donors (Lipinski definition) is 3. The third-order valence-electron chi connectivity index (χ3n) is 12.5. The lowest BCUT2D eigenvalue weighted by Gasteiger charge is -2.19. The van der Waals surface area contributed by atoms with Crippen LogP contribution >= 0.6 is 0 Å². The largest absolute Gasteiger partial charge is 0.394 e. The van der Waals surface area contributed by atoms with Gasteiger partial charge in [0.2, 0.25) is 5.91 Å². The topological polar surface area (TPSA) is 69.6 Å². The molecule has 0 spiro atoms. The van der Waals surface area contributed by atoms with E-state index in [9.17, 15) is 15.0 Å². The Kier molecular flexibility index (Phi) is 54.3. The first kappa shape index (κ1) is 63.3. The Morgan fingerprint density at radius 2 is 0.682 bits per heavy atom. The summed E-state index contributed by atoms with van der Waals surface area (Å²) in [7, 11) is 0. The maximum absolute atomic E-state index is 12.5. The molecular formula is C62H109NO3. The SMILES string of the molecule is CC/C=C\C/C=C\C/C=C\C/C=C\C/C=C\CCCCCCCCCCCC(=O)NC(CO)C(O)/C=C/CC/C=C/CC/C=C/CCCCCCCCCCCCCCCCCCCCC. The van der Waals surface area contributed by atoms with E-state index in [1.54, 1.807) is 6.08 Å². The summed E-state index contributed by atoms with van der Waals surface area (Å²) in [6.07, 6.45) is 84.3. The van der Waals surface area contributed by atoms with Gasteiger partial charge in [0.1, 0.15) is 0 Å². The molecule has 0 aromatic rings. The summed E-state index contributed by atoms with van der Waals surface area (Å²) in [5.74, 6) is -0.0865. The second-order valence-corrected chi connectivity index (χ2v) is 19.0. The minimum Gasteiger partial charge on any atom is -0.394 e. The van der Waals surface area contributed by atoms with Crippen molar-refractivity contribution in [1.82, 2.24) is 5.32 Å². The Labute approximate surface area is 411 Å². The second-order valence-electron chi connectivity index (χ2n) is 19.0. The number of aliphatic hydroxyl groups is 2. The van der Waals surface area contributed by atoms with Gasteiger partial charge in [-0.25, -0.2) is 0 Å². The van der Waals surface area contributed by atoms with Gasteiger partial charge in [-0.1, -0.05) is 272 Å². The van der Waals surface area contributed by atoms with Crippen LogP contribution in [0.25, 0.3) is 0 Å².